The fourth-order valence-electron chi connectivity index (χ4n) is 3.94. The molecule has 31 heavy (non-hydrogen) atoms. The van der Waals surface area contributed by atoms with Gasteiger partial charge in [0.25, 0.3) is 5.91 Å². The van der Waals surface area contributed by atoms with Crippen LogP contribution in [0.4, 0.5) is 4.39 Å². The molecule has 7 heteroatoms. The molecule has 1 aliphatic rings. The second kappa shape index (κ2) is 10.7. The Morgan fingerprint density at radius 3 is 2.35 bits per heavy atom. The van der Waals surface area contributed by atoms with Crippen LogP contribution >= 0.6 is 11.6 Å². The predicted molar refractivity (Wildman–Crippen MR) is 121 cm³/mol. The molecule has 2 N–H and O–H groups in total. The molecule has 5 nitrogen and oxygen atoms in total. The summed E-state index contributed by atoms with van der Waals surface area (Å²) >= 11 is 6.45. The van der Waals surface area contributed by atoms with Gasteiger partial charge in [0, 0.05) is 11.6 Å². The highest BCUT2D eigenvalue weighted by Crippen LogP contribution is 2.29. The summed E-state index contributed by atoms with van der Waals surface area (Å²) in [5.41, 5.74) is 0.898. The summed E-state index contributed by atoms with van der Waals surface area (Å²) in [6.07, 6.45) is 2.23. The fraction of sp³-hybridized carbons (Fsp3) is 0.417. The number of hydrogen-bond donors (Lipinski definition) is 2. The van der Waals surface area contributed by atoms with E-state index in [0.29, 0.717) is 11.6 Å². The maximum atomic E-state index is 14.0. The highest BCUT2D eigenvalue weighted by atomic mass is 35.5. The summed E-state index contributed by atoms with van der Waals surface area (Å²) in [6.45, 7) is 5.96. The van der Waals surface area contributed by atoms with Crippen LogP contribution in [-0.4, -0.2) is 42.4 Å². The van der Waals surface area contributed by atoms with Crippen molar-refractivity contribution in [2.24, 2.45) is 5.92 Å². The lowest BCUT2D eigenvalue weighted by atomic mass is 10.0. The third-order valence-electron chi connectivity index (χ3n) is 5.67. The number of nitrogens with zero attached hydrogens (tertiary/aromatic N) is 1. The van der Waals surface area contributed by atoms with Crippen LogP contribution in [0.1, 0.15) is 48.7 Å². The highest BCUT2D eigenvalue weighted by molar-refractivity contribution is 6.31. The van der Waals surface area contributed by atoms with Gasteiger partial charge in [-0.05, 0) is 55.6 Å². The van der Waals surface area contributed by atoms with Gasteiger partial charge in [-0.2, -0.15) is 0 Å². The Morgan fingerprint density at radius 1 is 1.06 bits per heavy atom. The van der Waals surface area contributed by atoms with Crippen molar-refractivity contribution in [3.63, 3.8) is 0 Å². The number of carbonyl (C=O) groups excluding carboxylic acids is 2. The Bertz CT molecular complexity index is 915. The quantitative estimate of drug-likeness (QED) is 0.640. The zero-order valence-electron chi connectivity index (χ0n) is 17.9. The second-order valence-corrected chi connectivity index (χ2v) is 8.61. The van der Waals surface area contributed by atoms with E-state index in [1.807, 2.05) is 38.1 Å². The summed E-state index contributed by atoms with van der Waals surface area (Å²) in [4.78, 5) is 27.9. The minimum atomic E-state index is -0.780. The lowest BCUT2D eigenvalue weighted by molar-refractivity contribution is -0.124. The molecule has 0 radical (unpaired) electrons. The lowest BCUT2D eigenvalue weighted by Gasteiger charge is -2.30. The summed E-state index contributed by atoms with van der Waals surface area (Å²) in [7, 11) is 0. The molecule has 166 valence electrons. The van der Waals surface area contributed by atoms with Gasteiger partial charge in [0.15, 0.2) is 0 Å². The minimum absolute atomic E-state index is 0.0461. The SMILES string of the molecule is CC(C)C(NC(=O)c1ccccc1F)C(=O)NCC(c1ccccc1Cl)N1CCCC1. The molecule has 2 amide bonds. The van der Waals surface area contributed by atoms with Gasteiger partial charge in [-0.3, -0.25) is 14.5 Å². The van der Waals surface area contributed by atoms with E-state index in [1.165, 1.54) is 18.2 Å². The third kappa shape index (κ3) is 5.83. The molecule has 1 aliphatic heterocycles. The Balaban J connectivity index is 1.71. The van der Waals surface area contributed by atoms with Crippen molar-refractivity contribution >= 4 is 23.4 Å². The van der Waals surface area contributed by atoms with Gasteiger partial charge in [0.05, 0.1) is 11.6 Å². The van der Waals surface area contributed by atoms with Crippen LogP contribution in [0.25, 0.3) is 0 Å². The fourth-order valence-corrected chi connectivity index (χ4v) is 4.20. The van der Waals surface area contributed by atoms with E-state index in [-0.39, 0.29) is 23.4 Å². The molecular weight excluding hydrogens is 417 g/mol. The number of halogens is 2. The largest absolute Gasteiger partial charge is 0.352 e. The van der Waals surface area contributed by atoms with E-state index in [0.717, 1.165) is 31.5 Å². The molecule has 0 aromatic heterocycles. The molecule has 1 heterocycles. The third-order valence-corrected chi connectivity index (χ3v) is 6.01. The molecule has 0 spiro atoms. The van der Waals surface area contributed by atoms with Crippen LogP contribution in [0.3, 0.4) is 0 Å². The van der Waals surface area contributed by atoms with Gasteiger partial charge < -0.3 is 10.6 Å². The maximum absolute atomic E-state index is 14.0. The number of benzene rings is 2. The number of rotatable bonds is 8. The van der Waals surface area contributed by atoms with Crippen molar-refractivity contribution in [3.8, 4) is 0 Å². The second-order valence-electron chi connectivity index (χ2n) is 8.20. The van der Waals surface area contributed by atoms with Gasteiger partial charge in [0.2, 0.25) is 5.91 Å². The van der Waals surface area contributed by atoms with Gasteiger partial charge in [0.1, 0.15) is 11.9 Å². The molecule has 2 unspecified atom stereocenters. The Morgan fingerprint density at radius 2 is 1.71 bits per heavy atom. The summed E-state index contributed by atoms with van der Waals surface area (Å²) < 4.78 is 14.0. The number of carbonyl (C=O) groups is 2. The summed E-state index contributed by atoms with van der Waals surface area (Å²) in [5, 5.41) is 6.35. The van der Waals surface area contributed by atoms with Crippen LogP contribution in [0.5, 0.6) is 0 Å². The average molecular weight is 446 g/mol. The number of nitrogens with one attached hydrogen (secondary N) is 2. The summed E-state index contributed by atoms with van der Waals surface area (Å²) in [6, 6.07) is 12.6. The molecule has 0 saturated carbocycles. The van der Waals surface area contributed by atoms with Crippen molar-refractivity contribution in [2.75, 3.05) is 19.6 Å². The summed E-state index contributed by atoms with van der Waals surface area (Å²) in [5.74, 6) is -1.68. The van der Waals surface area contributed by atoms with Crippen molar-refractivity contribution in [1.82, 2.24) is 15.5 Å². The monoisotopic (exact) mass is 445 g/mol. The number of likely N-dealkylation sites (tertiary alicyclic amines) is 1. The highest BCUT2D eigenvalue weighted by Gasteiger charge is 2.29. The first-order valence-corrected chi connectivity index (χ1v) is 11.1. The van der Waals surface area contributed by atoms with Crippen molar-refractivity contribution in [2.45, 2.75) is 38.8 Å². The standard InChI is InChI=1S/C24H29ClFN3O2/c1-16(2)22(28-23(30)18-10-4-6-12-20(18)26)24(31)27-15-21(29-13-7-8-14-29)17-9-3-5-11-19(17)25/h3-6,9-12,16,21-22H,7-8,13-15H2,1-2H3,(H,27,31)(H,28,30). The van der Waals surface area contributed by atoms with E-state index in [1.54, 1.807) is 6.07 Å². The average Bonchev–Trinajstić information content (AvgIpc) is 3.27. The van der Waals surface area contributed by atoms with Crippen molar-refractivity contribution in [1.29, 1.82) is 0 Å². The molecule has 2 aromatic carbocycles. The van der Waals surface area contributed by atoms with Gasteiger partial charge in [-0.1, -0.05) is 55.8 Å². The van der Waals surface area contributed by atoms with Crippen LogP contribution in [0.2, 0.25) is 5.02 Å². The molecular formula is C24H29ClFN3O2. The zero-order chi connectivity index (χ0) is 22.4. The van der Waals surface area contributed by atoms with E-state index < -0.39 is 17.8 Å². The van der Waals surface area contributed by atoms with E-state index in [2.05, 4.69) is 15.5 Å². The molecule has 1 saturated heterocycles. The Hall–Kier alpha value is -2.44. The topological polar surface area (TPSA) is 61.4 Å². The van der Waals surface area contributed by atoms with Crippen molar-refractivity contribution in [3.05, 3.63) is 70.5 Å². The first-order chi connectivity index (χ1) is 14.9. The smallest absolute Gasteiger partial charge is 0.254 e. The number of amides is 2. The first kappa shape index (κ1) is 23.2. The molecule has 2 atom stereocenters. The molecule has 3 rings (SSSR count). The lowest BCUT2D eigenvalue weighted by Crippen LogP contribution is -2.51. The first-order valence-electron chi connectivity index (χ1n) is 10.7. The molecule has 1 fully saturated rings. The van der Waals surface area contributed by atoms with Gasteiger partial charge in [-0.15, -0.1) is 0 Å². The van der Waals surface area contributed by atoms with Crippen LogP contribution < -0.4 is 10.6 Å². The van der Waals surface area contributed by atoms with Crippen LogP contribution in [0.15, 0.2) is 48.5 Å². The van der Waals surface area contributed by atoms with Crippen LogP contribution in [0, 0.1) is 11.7 Å². The number of hydrogen-bond acceptors (Lipinski definition) is 3. The minimum Gasteiger partial charge on any atom is -0.352 e. The molecule has 2 aromatic rings. The normalized spacial score (nSPS) is 16.2. The predicted octanol–water partition coefficient (Wildman–Crippen LogP) is 4.19. The molecule has 0 bridgehead atoms. The van der Waals surface area contributed by atoms with Gasteiger partial charge >= 0.3 is 0 Å². The maximum Gasteiger partial charge on any atom is 0.254 e. The van der Waals surface area contributed by atoms with Crippen molar-refractivity contribution < 1.29 is 14.0 Å². The Labute approximate surface area is 188 Å². The Kier molecular flexibility index (Phi) is 8.04. The van der Waals surface area contributed by atoms with E-state index >= 15 is 0 Å². The van der Waals surface area contributed by atoms with Crippen LogP contribution in [-0.2, 0) is 4.79 Å². The van der Waals surface area contributed by atoms with E-state index in [4.69, 9.17) is 11.6 Å². The molecule has 0 aliphatic carbocycles. The van der Waals surface area contributed by atoms with Gasteiger partial charge in [-0.25, -0.2) is 4.39 Å². The zero-order valence-corrected chi connectivity index (χ0v) is 18.7. The van der Waals surface area contributed by atoms with E-state index in [9.17, 15) is 14.0 Å².